The number of pyridine rings is 1. The first-order valence-electron chi connectivity index (χ1n) is 7.60. The van der Waals surface area contributed by atoms with Gasteiger partial charge in [0.15, 0.2) is 0 Å². The lowest BCUT2D eigenvalue weighted by molar-refractivity contribution is 0.559. The second-order valence-electron chi connectivity index (χ2n) is 6.91. The van der Waals surface area contributed by atoms with Crippen LogP contribution in [0, 0.1) is 6.92 Å². The van der Waals surface area contributed by atoms with E-state index in [1.165, 1.54) is 29.0 Å². The van der Waals surface area contributed by atoms with Crippen molar-refractivity contribution in [2.45, 2.75) is 58.5 Å². The molecule has 0 radical (unpaired) electrons. The van der Waals surface area contributed by atoms with E-state index in [0.717, 1.165) is 23.3 Å². The molecule has 2 aromatic heterocycles. The number of nitrogens with zero attached hydrogens (tertiary/aromatic N) is 2. The van der Waals surface area contributed by atoms with Crippen LogP contribution in [0.2, 0.25) is 0 Å². The quantitative estimate of drug-likeness (QED) is 0.925. The van der Waals surface area contributed by atoms with Gasteiger partial charge in [0.1, 0.15) is 5.01 Å². The fraction of sp³-hybridized carbons (Fsp3) is 0.529. The molecule has 1 saturated carbocycles. The van der Waals surface area contributed by atoms with E-state index in [1.807, 2.05) is 12.3 Å². The van der Waals surface area contributed by atoms with Gasteiger partial charge in [0.05, 0.1) is 11.4 Å². The average Bonchev–Trinajstić information content (AvgIpc) is 3.13. The van der Waals surface area contributed by atoms with Crippen molar-refractivity contribution < 1.29 is 0 Å². The van der Waals surface area contributed by atoms with Gasteiger partial charge in [-0.1, -0.05) is 20.8 Å². The Morgan fingerprint density at radius 3 is 2.71 bits per heavy atom. The van der Waals surface area contributed by atoms with Crippen LogP contribution in [0.1, 0.15) is 49.7 Å². The molecule has 1 aliphatic rings. The highest BCUT2D eigenvalue weighted by Crippen LogP contribution is 2.34. The van der Waals surface area contributed by atoms with Crippen molar-refractivity contribution in [3.8, 4) is 10.7 Å². The number of aromatic nitrogens is 2. The first-order valence-corrected chi connectivity index (χ1v) is 8.42. The molecule has 2 heterocycles. The molecule has 2 aromatic rings. The summed E-state index contributed by atoms with van der Waals surface area (Å²) in [5.41, 5.74) is 3.49. The van der Waals surface area contributed by atoms with Crippen LogP contribution < -0.4 is 5.32 Å². The Balaban J connectivity index is 1.94. The molecular formula is C17H23N3S. The largest absolute Gasteiger partial charge is 0.309 e. The maximum absolute atomic E-state index is 4.91. The van der Waals surface area contributed by atoms with Gasteiger partial charge < -0.3 is 5.32 Å². The van der Waals surface area contributed by atoms with E-state index in [1.54, 1.807) is 11.3 Å². The standard InChI is InChI=1S/C17H23N3S/c1-11-7-8-18-13(9-11)16-20-15(17(2,3)4)14(21-16)10-19-12-5-6-12/h7-9,12,19H,5-6,10H2,1-4H3. The SMILES string of the molecule is Cc1ccnc(-c2nc(C(C)(C)C)c(CNC3CC3)s2)c1. The fourth-order valence-electron chi connectivity index (χ4n) is 2.34. The molecule has 1 N–H and O–H groups in total. The van der Waals surface area contributed by atoms with Crippen LogP contribution in [0.5, 0.6) is 0 Å². The third-order valence-electron chi connectivity index (χ3n) is 3.67. The van der Waals surface area contributed by atoms with Crippen molar-refractivity contribution in [1.29, 1.82) is 0 Å². The molecule has 1 aliphatic carbocycles. The van der Waals surface area contributed by atoms with Gasteiger partial charge in [-0.25, -0.2) is 4.98 Å². The maximum atomic E-state index is 4.91. The van der Waals surface area contributed by atoms with Gasteiger partial charge >= 0.3 is 0 Å². The summed E-state index contributed by atoms with van der Waals surface area (Å²) in [5.74, 6) is 0. The number of hydrogen-bond acceptors (Lipinski definition) is 4. The van der Waals surface area contributed by atoms with E-state index >= 15 is 0 Å². The molecule has 21 heavy (non-hydrogen) atoms. The van der Waals surface area contributed by atoms with Crippen LogP contribution in [0.15, 0.2) is 18.3 Å². The predicted octanol–water partition coefficient (Wildman–Crippen LogP) is 4.06. The molecule has 4 heteroatoms. The number of hydrogen-bond donors (Lipinski definition) is 1. The van der Waals surface area contributed by atoms with E-state index in [2.05, 4.69) is 44.1 Å². The van der Waals surface area contributed by atoms with E-state index < -0.39 is 0 Å². The van der Waals surface area contributed by atoms with E-state index in [9.17, 15) is 0 Å². The lowest BCUT2D eigenvalue weighted by atomic mass is 9.91. The molecule has 3 rings (SSSR count). The molecule has 0 amide bonds. The van der Waals surface area contributed by atoms with Crippen LogP contribution in [-0.4, -0.2) is 16.0 Å². The summed E-state index contributed by atoms with van der Waals surface area (Å²) >= 11 is 1.78. The molecule has 0 aliphatic heterocycles. The number of rotatable bonds is 4. The first kappa shape index (κ1) is 14.7. The topological polar surface area (TPSA) is 37.8 Å². The van der Waals surface area contributed by atoms with Crippen molar-refractivity contribution in [1.82, 2.24) is 15.3 Å². The second-order valence-corrected chi connectivity index (χ2v) is 8.00. The van der Waals surface area contributed by atoms with Crippen molar-refractivity contribution in [3.63, 3.8) is 0 Å². The second kappa shape index (κ2) is 5.50. The zero-order chi connectivity index (χ0) is 15.0. The van der Waals surface area contributed by atoms with E-state index in [4.69, 9.17) is 4.98 Å². The highest BCUT2D eigenvalue weighted by molar-refractivity contribution is 7.15. The Kier molecular flexibility index (Phi) is 3.84. The van der Waals surface area contributed by atoms with Gasteiger partial charge in [-0.05, 0) is 37.5 Å². The van der Waals surface area contributed by atoms with Crippen LogP contribution in [-0.2, 0) is 12.0 Å². The summed E-state index contributed by atoms with van der Waals surface area (Å²) < 4.78 is 0. The molecule has 0 saturated heterocycles. The summed E-state index contributed by atoms with van der Waals surface area (Å²) in [4.78, 5) is 10.7. The van der Waals surface area contributed by atoms with E-state index in [0.29, 0.717) is 0 Å². The minimum atomic E-state index is 0.0686. The Hall–Kier alpha value is -1.26. The predicted molar refractivity (Wildman–Crippen MR) is 88.6 cm³/mol. The highest BCUT2D eigenvalue weighted by atomic mass is 32.1. The summed E-state index contributed by atoms with van der Waals surface area (Å²) in [5, 5.41) is 4.65. The third kappa shape index (κ3) is 3.50. The highest BCUT2D eigenvalue weighted by Gasteiger charge is 2.26. The van der Waals surface area contributed by atoms with Crippen LogP contribution >= 0.6 is 11.3 Å². The van der Waals surface area contributed by atoms with Gasteiger partial charge in [-0.3, -0.25) is 4.98 Å². The van der Waals surface area contributed by atoms with Crippen LogP contribution in [0.25, 0.3) is 10.7 Å². The Labute approximate surface area is 130 Å². The third-order valence-corrected chi connectivity index (χ3v) is 4.75. The van der Waals surface area contributed by atoms with E-state index in [-0.39, 0.29) is 5.41 Å². The molecule has 0 unspecified atom stereocenters. The minimum absolute atomic E-state index is 0.0686. The molecule has 112 valence electrons. The number of nitrogens with one attached hydrogen (secondary N) is 1. The molecule has 3 nitrogen and oxygen atoms in total. The van der Waals surface area contributed by atoms with Crippen LogP contribution in [0.3, 0.4) is 0 Å². The van der Waals surface area contributed by atoms with Crippen molar-refractivity contribution in [2.75, 3.05) is 0 Å². The zero-order valence-corrected chi connectivity index (χ0v) is 14.0. The summed E-state index contributed by atoms with van der Waals surface area (Å²) in [6.45, 7) is 9.72. The van der Waals surface area contributed by atoms with Gasteiger partial charge in [-0.15, -0.1) is 11.3 Å². The Bertz CT molecular complexity index is 636. The Morgan fingerprint density at radius 2 is 2.10 bits per heavy atom. The van der Waals surface area contributed by atoms with Crippen molar-refractivity contribution in [2.24, 2.45) is 0 Å². The van der Waals surface area contributed by atoms with Gasteiger partial charge in [0.25, 0.3) is 0 Å². The average molecular weight is 301 g/mol. The number of thiazole rings is 1. The lowest BCUT2D eigenvalue weighted by Crippen LogP contribution is -2.19. The summed E-state index contributed by atoms with van der Waals surface area (Å²) in [6.07, 6.45) is 4.50. The molecule has 0 bridgehead atoms. The van der Waals surface area contributed by atoms with Crippen molar-refractivity contribution >= 4 is 11.3 Å². The summed E-state index contributed by atoms with van der Waals surface area (Å²) in [6, 6.07) is 4.86. The normalized spacial score (nSPS) is 15.4. The lowest BCUT2D eigenvalue weighted by Gasteiger charge is -2.17. The van der Waals surface area contributed by atoms with Crippen LogP contribution in [0.4, 0.5) is 0 Å². The molecule has 0 atom stereocenters. The first-order chi connectivity index (χ1) is 9.93. The Morgan fingerprint density at radius 1 is 1.33 bits per heavy atom. The fourth-order valence-corrected chi connectivity index (χ4v) is 3.54. The summed E-state index contributed by atoms with van der Waals surface area (Å²) in [7, 11) is 0. The van der Waals surface area contributed by atoms with Gasteiger partial charge in [0, 0.05) is 29.1 Å². The van der Waals surface area contributed by atoms with Crippen molar-refractivity contribution in [3.05, 3.63) is 34.5 Å². The van der Waals surface area contributed by atoms with Gasteiger partial charge in [-0.2, -0.15) is 0 Å². The zero-order valence-electron chi connectivity index (χ0n) is 13.2. The smallest absolute Gasteiger partial charge is 0.142 e. The monoisotopic (exact) mass is 301 g/mol. The number of aryl methyl sites for hydroxylation is 1. The molecule has 1 fully saturated rings. The molecule has 0 spiro atoms. The molecular weight excluding hydrogens is 278 g/mol. The van der Waals surface area contributed by atoms with Gasteiger partial charge in [0.2, 0.25) is 0 Å². The maximum Gasteiger partial charge on any atom is 0.142 e. The molecule has 0 aromatic carbocycles. The minimum Gasteiger partial charge on any atom is -0.309 e.